The Morgan fingerprint density at radius 3 is 2.80 bits per heavy atom. The molecule has 1 aromatic rings. The van der Waals surface area contributed by atoms with Crippen LogP contribution in [0.25, 0.3) is 6.08 Å². The van der Waals surface area contributed by atoms with Gasteiger partial charge in [0.2, 0.25) is 0 Å². The maximum atomic E-state index is 10.7. The summed E-state index contributed by atoms with van der Waals surface area (Å²) in [5.41, 5.74) is 1.69. The first-order valence-electron chi connectivity index (χ1n) is 6.59. The molecule has 0 spiro atoms. The van der Waals surface area contributed by atoms with Gasteiger partial charge in [0.05, 0.1) is 0 Å². The highest BCUT2D eigenvalue weighted by atomic mass is 35.5. The van der Waals surface area contributed by atoms with Gasteiger partial charge in [-0.05, 0) is 31.1 Å². The molecule has 0 aliphatic carbocycles. The number of benzene rings is 1. The zero-order valence-corrected chi connectivity index (χ0v) is 12.1. The van der Waals surface area contributed by atoms with E-state index >= 15 is 0 Å². The summed E-state index contributed by atoms with van der Waals surface area (Å²) in [6.07, 6.45) is 4.59. The van der Waals surface area contributed by atoms with Gasteiger partial charge in [0.1, 0.15) is 0 Å². The van der Waals surface area contributed by atoms with Crippen LogP contribution in [0.15, 0.2) is 24.3 Å². The van der Waals surface area contributed by atoms with E-state index in [1.165, 1.54) is 0 Å². The van der Waals surface area contributed by atoms with Crippen molar-refractivity contribution in [2.24, 2.45) is 0 Å². The average Bonchev–Trinajstić information content (AvgIpc) is 2.45. The molecule has 20 heavy (non-hydrogen) atoms. The Labute approximate surface area is 123 Å². The van der Waals surface area contributed by atoms with Crippen molar-refractivity contribution in [3.05, 3.63) is 34.9 Å². The lowest BCUT2D eigenvalue weighted by Gasteiger charge is -2.34. The average molecular weight is 296 g/mol. The van der Waals surface area contributed by atoms with Crippen molar-refractivity contribution in [1.82, 2.24) is 0 Å². The molecule has 2 rings (SSSR count). The minimum Gasteiger partial charge on any atom is -0.478 e. The molecule has 0 aromatic heterocycles. The van der Waals surface area contributed by atoms with Crippen LogP contribution in [0.2, 0.25) is 5.02 Å². The molecule has 0 atom stereocenters. The molecule has 1 heterocycles. The number of hydrogen-bond acceptors (Lipinski definition) is 3. The van der Waals surface area contributed by atoms with Crippen LogP contribution in [0.3, 0.4) is 0 Å². The predicted molar refractivity (Wildman–Crippen MR) is 80.4 cm³/mol. The largest absolute Gasteiger partial charge is 0.478 e. The standard InChI is InChI=1S/C15H18ClNO3/c1-17(11-7-9-20-10-8-11)14-4-2-3-13(16)12(14)5-6-15(18)19/h2-6,11H,7-10H2,1H3,(H,18,19)/b6-5+. The molecule has 1 saturated heterocycles. The molecular weight excluding hydrogens is 278 g/mol. The van der Waals surface area contributed by atoms with Crippen molar-refractivity contribution >= 4 is 29.3 Å². The van der Waals surface area contributed by atoms with Crippen molar-refractivity contribution in [2.45, 2.75) is 18.9 Å². The van der Waals surface area contributed by atoms with Crippen LogP contribution in [0, 0.1) is 0 Å². The minimum absolute atomic E-state index is 0.388. The molecule has 4 nitrogen and oxygen atoms in total. The van der Waals surface area contributed by atoms with Crippen LogP contribution in [0.1, 0.15) is 18.4 Å². The summed E-state index contributed by atoms with van der Waals surface area (Å²) in [4.78, 5) is 12.9. The van der Waals surface area contributed by atoms with Crippen molar-refractivity contribution in [3.63, 3.8) is 0 Å². The predicted octanol–water partition coefficient (Wildman–Crippen LogP) is 3.05. The maximum Gasteiger partial charge on any atom is 0.328 e. The second-order valence-corrected chi connectivity index (χ2v) is 5.21. The normalized spacial score (nSPS) is 16.5. The summed E-state index contributed by atoms with van der Waals surface area (Å²) in [7, 11) is 2.01. The molecule has 0 radical (unpaired) electrons. The first kappa shape index (κ1) is 14.9. The van der Waals surface area contributed by atoms with E-state index in [0.717, 1.165) is 43.4 Å². The summed E-state index contributed by atoms with van der Waals surface area (Å²) in [5, 5.41) is 9.34. The van der Waals surface area contributed by atoms with Crippen LogP contribution in [0.5, 0.6) is 0 Å². The minimum atomic E-state index is -0.982. The van der Waals surface area contributed by atoms with E-state index in [2.05, 4.69) is 4.90 Å². The SMILES string of the molecule is CN(c1cccc(Cl)c1/C=C/C(=O)O)C1CCOCC1. The van der Waals surface area contributed by atoms with Crippen LogP contribution < -0.4 is 4.90 Å². The summed E-state index contributed by atoms with van der Waals surface area (Å²) in [6.45, 7) is 1.52. The van der Waals surface area contributed by atoms with E-state index in [1.54, 1.807) is 12.1 Å². The second kappa shape index (κ2) is 6.77. The molecule has 0 unspecified atom stereocenters. The van der Waals surface area contributed by atoms with E-state index in [0.29, 0.717) is 11.1 Å². The van der Waals surface area contributed by atoms with Gasteiger partial charge >= 0.3 is 5.97 Å². The van der Waals surface area contributed by atoms with Gasteiger partial charge < -0.3 is 14.7 Å². The summed E-state index contributed by atoms with van der Waals surface area (Å²) < 4.78 is 5.37. The summed E-state index contributed by atoms with van der Waals surface area (Å²) >= 11 is 6.20. The molecule has 0 bridgehead atoms. The van der Waals surface area contributed by atoms with E-state index in [-0.39, 0.29) is 0 Å². The highest BCUT2D eigenvalue weighted by Gasteiger charge is 2.20. The number of nitrogens with zero attached hydrogens (tertiary/aromatic N) is 1. The van der Waals surface area contributed by atoms with E-state index in [9.17, 15) is 4.79 Å². The molecule has 1 N–H and O–H groups in total. The number of ether oxygens (including phenoxy) is 1. The Kier molecular flexibility index (Phi) is 5.04. The number of aliphatic carboxylic acids is 1. The molecule has 1 aromatic carbocycles. The Hall–Kier alpha value is -1.52. The fraction of sp³-hybridized carbons (Fsp3) is 0.400. The highest BCUT2D eigenvalue weighted by Crippen LogP contribution is 2.31. The molecular formula is C15H18ClNO3. The van der Waals surface area contributed by atoms with Gasteiger partial charge in [-0.2, -0.15) is 0 Å². The quantitative estimate of drug-likeness (QED) is 0.868. The Balaban J connectivity index is 2.29. The smallest absolute Gasteiger partial charge is 0.328 e. The van der Waals surface area contributed by atoms with Gasteiger partial charge in [-0.25, -0.2) is 4.79 Å². The zero-order chi connectivity index (χ0) is 14.5. The van der Waals surface area contributed by atoms with Gasteiger partial charge in [-0.15, -0.1) is 0 Å². The highest BCUT2D eigenvalue weighted by molar-refractivity contribution is 6.32. The Bertz CT molecular complexity index is 510. The molecule has 108 valence electrons. The number of hydrogen-bond donors (Lipinski definition) is 1. The van der Waals surface area contributed by atoms with Gasteiger partial charge in [-0.1, -0.05) is 17.7 Å². The first-order chi connectivity index (χ1) is 9.59. The lowest BCUT2D eigenvalue weighted by atomic mass is 10.0. The van der Waals surface area contributed by atoms with Crippen LogP contribution in [0.4, 0.5) is 5.69 Å². The zero-order valence-electron chi connectivity index (χ0n) is 11.4. The van der Waals surface area contributed by atoms with Crippen LogP contribution in [-0.2, 0) is 9.53 Å². The molecule has 1 aliphatic rings. The Morgan fingerprint density at radius 2 is 2.15 bits per heavy atom. The maximum absolute atomic E-state index is 10.7. The Morgan fingerprint density at radius 1 is 1.45 bits per heavy atom. The molecule has 5 heteroatoms. The number of halogens is 1. The van der Waals surface area contributed by atoms with E-state index in [4.69, 9.17) is 21.4 Å². The van der Waals surface area contributed by atoms with Crippen molar-refractivity contribution in [3.8, 4) is 0 Å². The van der Waals surface area contributed by atoms with E-state index in [1.807, 2.05) is 19.2 Å². The van der Waals surface area contributed by atoms with Crippen molar-refractivity contribution in [1.29, 1.82) is 0 Å². The van der Waals surface area contributed by atoms with Gasteiger partial charge in [0.15, 0.2) is 0 Å². The molecule has 0 saturated carbocycles. The lowest BCUT2D eigenvalue weighted by molar-refractivity contribution is -0.131. The topological polar surface area (TPSA) is 49.8 Å². The van der Waals surface area contributed by atoms with Crippen LogP contribution >= 0.6 is 11.6 Å². The third-order valence-electron chi connectivity index (χ3n) is 3.54. The summed E-state index contributed by atoms with van der Waals surface area (Å²) in [6, 6.07) is 6.00. The van der Waals surface area contributed by atoms with Crippen LogP contribution in [-0.4, -0.2) is 37.4 Å². The van der Waals surface area contributed by atoms with Gasteiger partial charge in [0, 0.05) is 48.7 Å². The molecule has 1 fully saturated rings. The fourth-order valence-corrected chi connectivity index (χ4v) is 2.65. The number of rotatable bonds is 4. The van der Waals surface area contributed by atoms with E-state index < -0.39 is 5.97 Å². The first-order valence-corrected chi connectivity index (χ1v) is 6.97. The molecule has 0 amide bonds. The van der Waals surface area contributed by atoms with Gasteiger partial charge in [-0.3, -0.25) is 0 Å². The third-order valence-corrected chi connectivity index (χ3v) is 3.87. The number of anilines is 1. The third kappa shape index (κ3) is 3.52. The van der Waals surface area contributed by atoms with Crippen molar-refractivity contribution in [2.75, 3.05) is 25.2 Å². The number of carboxylic acid groups (broad SMARTS) is 1. The summed E-state index contributed by atoms with van der Waals surface area (Å²) in [5.74, 6) is -0.982. The fourth-order valence-electron chi connectivity index (χ4n) is 2.42. The number of carboxylic acids is 1. The molecule has 1 aliphatic heterocycles. The second-order valence-electron chi connectivity index (χ2n) is 4.80. The van der Waals surface area contributed by atoms with Crippen molar-refractivity contribution < 1.29 is 14.6 Å². The monoisotopic (exact) mass is 295 g/mol. The number of carbonyl (C=O) groups is 1. The lowest BCUT2D eigenvalue weighted by Crippen LogP contribution is -2.37. The van der Waals surface area contributed by atoms with Gasteiger partial charge in [0.25, 0.3) is 0 Å².